The van der Waals surface area contributed by atoms with Gasteiger partial charge in [0.1, 0.15) is 0 Å². The van der Waals surface area contributed by atoms with Crippen LogP contribution in [0.4, 0.5) is 0 Å². The molecule has 19 heavy (non-hydrogen) atoms. The van der Waals surface area contributed by atoms with E-state index in [1.807, 2.05) is 22.7 Å². The highest BCUT2D eigenvalue weighted by Gasteiger charge is 2.17. The summed E-state index contributed by atoms with van der Waals surface area (Å²) in [5, 5.41) is 4.83. The Hall–Kier alpha value is -0.710. The van der Waals surface area contributed by atoms with Crippen LogP contribution in [-0.4, -0.2) is 11.5 Å². The molecular formula is C15H22N2S2. The van der Waals surface area contributed by atoms with E-state index in [0.717, 1.165) is 13.0 Å². The van der Waals surface area contributed by atoms with Crippen LogP contribution in [0.15, 0.2) is 6.07 Å². The number of aromatic nitrogens is 1. The Labute approximate surface area is 123 Å². The van der Waals surface area contributed by atoms with E-state index < -0.39 is 0 Å². The molecule has 0 saturated carbocycles. The van der Waals surface area contributed by atoms with Crippen molar-refractivity contribution >= 4 is 22.7 Å². The van der Waals surface area contributed by atoms with Gasteiger partial charge in [-0.15, -0.1) is 22.7 Å². The summed E-state index contributed by atoms with van der Waals surface area (Å²) >= 11 is 3.73. The van der Waals surface area contributed by atoms with Gasteiger partial charge in [0, 0.05) is 27.1 Å². The molecule has 2 rings (SSSR count). The monoisotopic (exact) mass is 294 g/mol. The molecule has 0 spiro atoms. The van der Waals surface area contributed by atoms with Crippen molar-refractivity contribution in [2.75, 3.05) is 6.54 Å². The predicted octanol–water partition coefficient (Wildman–Crippen LogP) is 4.33. The summed E-state index contributed by atoms with van der Waals surface area (Å²) in [5.74, 6) is 0. The summed E-state index contributed by atoms with van der Waals surface area (Å²) in [6.45, 7) is 11.8. The third-order valence-corrected chi connectivity index (χ3v) is 5.79. The number of nitrogens with one attached hydrogen (secondary N) is 1. The van der Waals surface area contributed by atoms with Crippen molar-refractivity contribution in [3.63, 3.8) is 0 Å². The molecule has 104 valence electrons. The minimum Gasteiger partial charge on any atom is -0.309 e. The van der Waals surface area contributed by atoms with E-state index >= 15 is 0 Å². The van der Waals surface area contributed by atoms with Crippen LogP contribution < -0.4 is 5.32 Å². The summed E-state index contributed by atoms with van der Waals surface area (Å²) in [4.78, 5) is 8.86. The first-order valence-electron chi connectivity index (χ1n) is 6.74. The first-order chi connectivity index (χ1) is 9.01. The van der Waals surface area contributed by atoms with Crippen molar-refractivity contribution in [1.82, 2.24) is 10.3 Å². The molecule has 2 aromatic heterocycles. The molecule has 0 aliphatic heterocycles. The fraction of sp³-hybridized carbons (Fsp3) is 0.533. The molecule has 1 N–H and O–H groups in total. The van der Waals surface area contributed by atoms with Crippen LogP contribution in [0.2, 0.25) is 0 Å². The Morgan fingerprint density at radius 2 is 1.89 bits per heavy atom. The smallest absolute Gasteiger partial charge is 0.0950 e. The summed E-state index contributed by atoms with van der Waals surface area (Å²) in [7, 11) is 0. The zero-order valence-corrected chi connectivity index (χ0v) is 14.0. The zero-order chi connectivity index (χ0) is 14.0. The lowest BCUT2D eigenvalue weighted by atomic mass is 10.1. The molecule has 0 fully saturated rings. The minimum absolute atomic E-state index is 0.396. The Kier molecular flexibility index (Phi) is 4.76. The number of aryl methyl sites for hydroxylation is 4. The predicted molar refractivity (Wildman–Crippen MR) is 85.5 cm³/mol. The Balaban J connectivity index is 2.20. The first kappa shape index (κ1) is 14.7. The van der Waals surface area contributed by atoms with Crippen molar-refractivity contribution < 1.29 is 0 Å². The third-order valence-electron chi connectivity index (χ3n) is 3.43. The average molecular weight is 294 g/mol. The number of rotatable bonds is 5. The van der Waals surface area contributed by atoms with Gasteiger partial charge in [-0.1, -0.05) is 6.92 Å². The molecular weight excluding hydrogens is 272 g/mol. The van der Waals surface area contributed by atoms with Crippen LogP contribution in [0.1, 0.15) is 43.9 Å². The second kappa shape index (κ2) is 6.16. The number of thiazole rings is 1. The SMILES string of the molecule is CCNC(Cc1nc(C)c(C)s1)c1cc(C)c(C)s1. The van der Waals surface area contributed by atoms with Gasteiger partial charge in [-0.25, -0.2) is 4.98 Å². The van der Waals surface area contributed by atoms with Gasteiger partial charge in [0.2, 0.25) is 0 Å². The maximum absolute atomic E-state index is 4.67. The van der Waals surface area contributed by atoms with Gasteiger partial charge in [0.05, 0.1) is 10.7 Å². The molecule has 2 aromatic rings. The lowest BCUT2D eigenvalue weighted by molar-refractivity contribution is 0.556. The second-order valence-electron chi connectivity index (χ2n) is 4.95. The zero-order valence-electron chi connectivity index (χ0n) is 12.3. The summed E-state index contributed by atoms with van der Waals surface area (Å²) < 4.78 is 0. The van der Waals surface area contributed by atoms with E-state index in [2.05, 4.69) is 51.0 Å². The van der Waals surface area contributed by atoms with Crippen molar-refractivity contribution in [3.8, 4) is 0 Å². The van der Waals surface area contributed by atoms with Crippen molar-refractivity contribution in [2.45, 2.75) is 47.1 Å². The molecule has 0 saturated heterocycles. The number of likely N-dealkylation sites (N-methyl/N-ethyl adjacent to an activating group) is 1. The molecule has 1 atom stereocenters. The quantitative estimate of drug-likeness (QED) is 0.887. The van der Waals surface area contributed by atoms with E-state index in [1.165, 1.54) is 30.9 Å². The van der Waals surface area contributed by atoms with Gasteiger partial charge in [-0.05, 0) is 45.9 Å². The Morgan fingerprint density at radius 3 is 2.37 bits per heavy atom. The summed E-state index contributed by atoms with van der Waals surface area (Å²) in [6, 6.07) is 2.72. The fourth-order valence-corrected chi connectivity index (χ4v) is 4.19. The number of hydrogen-bond donors (Lipinski definition) is 1. The molecule has 0 aliphatic rings. The molecule has 0 aliphatic carbocycles. The second-order valence-corrected chi connectivity index (χ2v) is 7.53. The number of thiophene rings is 1. The molecule has 1 unspecified atom stereocenters. The molecule has 0 aromatic carbocycles. The van der Waals surface area contributed by atoms with E-state index in [-0.39, 0.29) is 0 Å². The number of nitrogens with zero attached hydrogens (tertiary/aromatic N) is 1. The van der Waals surface area contributed by atoms with E-state index in [1.54, 1.807) is 0 Å². The van der Waals surface area contributed by atoms with Crippen LogP contribution in [-0.2, 0) is 6.42 Å². The standard InChI is InChI=1S/C15H22N2S2/c1-6-16-13(14-7-9(2)11(4)18-14)8-15-17-10(3)12(5)19-15/h7,13,16H,6,8H2,1-5H3. The van der Waals surface area contributed by atoms with Gasteiger partial charge in [0.25, 0.3) is 0 Å². The highest BCUT2D eigenvalue weighted by Crippen LogP contribution is 2.30. The Bertz CT molecular complexity index is 515. The third kappa shape index (κ3) is 3.44. The molecule has 0 amide bonds. The highest BCUT2D eigenvalue weighted by molar-refractivity contribution is 7.12. The van der Waals surface area contributed by atoms with Crippen LogP contribution in [0.25, 0.3) is 0 Å². The van der Waals surface area contributed by atoms with E-state index in [0.29, 0.717) is 6.04 Å². The topological polar surface area (TPSA) is 24.9 Å². The highest BCUT2D eigenvalue weighted by atomic mass is 32.1. The van der Waals surface area contributed by atoms with Gasteiger partial charge < -0.3 is 5.32 Å². The largest absolute Gasteiger partial charge is 0.309 e. The normalized spacial score (nSPS) is 12.9. The fourth-order valence-electron chi connectivity index (χ4n) is 2.09. The van der Waals surface area contributed by atoms with Crippen molar-refractivity contribution in [1.29, 1.82) is 0 Å². The van der Waals surface area contributed by atoms with Gasteiger partial charge in [0.15, 0.2) is 0 Å². The Morgan fingerprint density at radius 1 is 1.16 bits per heavy atom. The molecule has 2 heterocycles. The lowest BCUT2D eigenvalue weighted by Crippen LogP contribution is -2.22. The molecule has 4 heteroatoms. The first-order valence-corrected chi connectivity index (χ1v) is 8.37. The van der Waals surface area contributed by atoms with Crippen molar-refractivity contribution in [3.05, 3.63) is 37.0 Å². The van der Waals surface area contributed by atoms with E-state index in [4.69, 9.17) is 0 Å². The van der Waals surface area contributed by atoms with Gasteiger partial charge >= 0.3 is 0 Å². The molecule has 0 bridgehead atoms. The molecule has 2 nitrogen and oxygen atoms in total. The van der Waals surface area contributed by atoms with Crippen LogP contribution in [0.3, 0.4) is 0 Å². The van der Waals surface area contributed by atoms with E-state index in [9.17, 15) is 0 Å². The van der Waals surface area contributed by atoms with Crippen LogP contribution >= 0.6 is 22.7 Å². The number of hydrogen-bond acceptors (Lipinski definition) is 4. The van der Waals surface area contributed by atoms with Gasteiger partial charge in [-0.3, -0.25) is 0 Å². The minimum atomic E-state index is 0.396. The van der Waals surface area contributed by atoms with Crippen molar-refractivity contribution in [2.24, 2.45) is 0 Å². The maximum atomic E-state index is 4.67. The van der Waals surface area contributed by atoms with Crippen LogP contribution in [0, 0.1) is 27.7 Å². The average Bonchev–Trinajstić information content (AvgIpc) is 2.83. The molecule has 0 radical (unpaired) electrons. The van der Waals surface area contributed by atoms with Gasteiger partial charge in [-0.2, -0.15) is 0 Å². The maximum Gasteiger partial charge on any atom is 0.0950 e. The summed E-state index contributed by atoms with van der Waals surface area (Å²) in [6.07, 6.45) is 0.993. The summed E-state index contributed by atoms with van der Waals surface area (Å²) in [5.41, 5.74) is 2.57. The lowest BCUT2D eigenvalue weighted by Gasteiger charge is -2.14. The van der Waals surface area contributed by atoms with Crippen LogP contribution in [0.5, 0.6) is 0 Å².